The molecule has 0 bridgehead atoms. The molecule has 1 aromatic carbocycles. The number of benzene rings is 1. The van der Waals surface area contributed by atoms with Gasteiger partial charge in [0.05, 0.1) is 25.4 Å². The quantitative estimate of drug-likeness (QED) is 0.335. The van der Waals surface area contributed by atoms with Crippen molar-refractivity contribution < 1.29 is 30.0 Å². The fraction of sp³-hybridized carbons (Fsp3) is 0.579. The molecule has 1 rings (SSSR count). The highest BCUT2D eigenvalue weighted by molar-refractivity contribution is 6.04. The predicted molar refractivity (Wildman–Crippen MR) is 101 cm³/mol. The van der Waals surface area contributed by atoms with Crippen LogP contribution in [0.15, 0.2) is 0 Å². The van der Waals surface area contributed by atoms with E-state index in [1.54, 1.807) is 13.8 Å². The molecule has 0 spiro atoms. The first kappa shape index (κ1) is 23.0. The molecule has 0 saturated carbocycles. The molecule has 0 aliphatic heterocycles. The van der Waals surface area contributed by atoms with Crippen molar-refractivity contribution in [1.82, 2.24) is 10.6 Å². The largest absolute Gasteiger partial charge is 0.394 e. The van der Waals surface area contributed by atoms with Crippen LogP contribution >= 0.6 is 0 Å². The summed E-state index contributed by atoms with van der Waals surface area (Å²) in [6, 6.07) is 0. The molecule has 1 aromatic rings. The van der Waals surface area contributed by atoms with Gasteiger partial charge >= 0.3 is 0 Å². The smallest absolute Gasteiger partial charge is 0.251 e. The average molecular weight is 382 g/mol. The Balaban J connectivity index is 3.32. The first-order valence-corrected chi connectivity index (χ1v) is 8.96. The molecule has 0 radical (unpaired) electrons. The van der Waals surface area contributed by atoms with Crippen molar-refractivity contribution in [2.45, 2.75) is 46.3 Å². The van der Waals surface area contributed by atoms with E-state index in [-0.39, 0.29) is 13.1 Å². The fourth-order valence-corrected chi connectivity index (χ4v) is 3.05. The number of carbonyl (C=O) groups is 2. The summed E-state index contributed by atoms with van der Waals surface area (Å²) in [6.45, 7) is 6.10. The minimum Gasteiger partial charge on any atom is -0.394 e. The van der Waals surface area contributed by atoms with E-state index in [0.29, 0.717) is 23.1 Å². The van der Waals surface area contributed by atoms with Gasteiger partial charge in [0.15, 0.2) is 0 Å². The zero-order chi connectivity index (χ0) is 20.7. The predicted octanol–water partition coefficient (Wildman–Crippen LogP) is -0.660. The van der Waals surface area contributed by atoms with Gasteiger partial charge in [-0.2, -0.15) is 0 Å². The highest BCUT2D eigenvalue weighted by atomic mass is 16.3. The first-order chi connectivity index (χ1) is 12.7. The molecule has 0 aliphatic carbocycles. The van der Waals surface area contributed by atoms with Gasteiger partial charge in [-0.15, -0.1) is 0 Å². The van der Waals surface area contributed by atoms with Crippen molar-refractivity contribution in [1.29, 1.82) is 0 Å². The van der Waals surface area contributed by atoms with Gasteiger partial charge in [0.2, 0.25) is 0 Å². The Morgan fingerprint density at radius 1 is 0.815 bits per heavy atom. The van der Waals surface area contributed by atoms with Crippen LogP contribution in [0.3, 0.4) is 0 Å². The lowest BCUT2D eigenvalue weighted by atomic mass is 9.86. The third kappa shape index (κ3) is 5.49. The van der Waals surface area contributed by atoms with Gasteiger partial charge in [-0.05, 0) is 49.4 Å². The topological polar surface area (TPSA) is 139 Å². The molecule has 0 heterocycles. The molecule has 6 N–H and O–H groups in total. The third-order valence-corrected chi connectivity index (χ3v) is 4.67. The van der Waals surface area contributed by atoms with Gasteiger partial charge < -0.3 is 31.1 Å². The second kappa shape index (κ2) is 10.4. The van der Waals surface area contributed by atoms with Gasteiger partial charge in [0.25, 0.3) is 11.8 Å². The van der Waals surface area contributed by atoms with Gasteiger partial charge in [0.1, 0.15) is 0 Å². The number of carbonyl (C=O) groups excluding carboxylic acids is 2. The summed E-state index contributed by atoms with van der Waals surface area (Å²) in [5.74, 6) is -0.864. The van der Waals surface area contributed by atoms with Gasteiger partial charge in [0, 0.05) is 24.2 Å². The molecule has 0 saturated heterocycles. The summed E-state index contributed by atoms with van der Waals surface area (Å²) in [7, 11) is 0. The van der Waals surface area contributed by atoms with E-state index in [4.69, 9.17) is 10.2 Å². The lowest BCUT2D eigenvalue weighted by molar-refractivity contribution is 0.0798. The van der Waals surface area contributed by atoms with Crippen molar-refractivity contribution in [3.8, 4) is 0 Å². The van der Waals surface area contributed by atoms with Crippen LogP contribution in [0.1, 0.15) is 49.9 Å². The monoisotopic (exact) mass is 382 g/mol. The highest BCUT2D eigenvalue weighted by Crippen LogP contribution is 2.28. The maximum atomic E-state index is 12.7. The second-order valence-corrected chi connectivity index (χ2v) is 6.55. The zero-order valence-electron chi connectivity index (χ0n) is 16.3. The normalized spacial score (nSPS) is 13.2. The number of rotatable bonds is 9. The number of aliphatic hydroxyl groups excluding tert-OH is 4. The third-order valence-electron chi connectivity index (χ3n) is 4.67. The maximum absolute atomic E-state index is 12.7. The van der Waals surface area contributed by atoms with Crippen molar-refractivity contribution in [3.63, 3.8) is 0 Å². The second-order valence-electron chi connectivity index (χ2n) is 6.55. The van der Waals surface area contributed by atoms with Crippen molar-refractivity contribution >= 4 is 11.8 Å². The van der Waals surface area contributed by atoms with E-state index >= 15 is 0 Å². The first-order valence-electron chi connectivity index (χ1n) is 8.96. The van der Waals surface area contributed by atoms with Crippen LogP contribution in [0, 0.1) is 20.8 Å². The van der Waals surface area contributed by atoms with E-state index in [0.717, 1.165) is 16.7 Å². The van der Waals surface area contributed by atoms with E-state index < -0.39 is 37.2 Å². The lowest BCUT2D eigenvalue weighted by Crippen LogP contribution is -2.37. The van der Waals surface area contributed by atoms with Gasteiger partial charge in [-0.3, -0.25) is 9.59 Å². The molecule has 8 heteroatoms. The number of hydrogen-bond acceptors (Lipinski definition) is 6. The molecule has 27 heavy (non-hydrogen) atoms. The Hall–Kier alpha value is -2.00. The van der Waals surface area contributed by atoms with Crippen LogP contribution in [0.4, 0.5) is 0 Å². The number of amides is 2. The SMILES string of the molecule is CCc1c(C)c(C)c(C(=O)NCC(O)CO)c(C)c1C(=O)NCC(O)CO. The highest BCUT2D eigenvalue weighted by Gasteiger charge is 2.25. The molecule has 0 aromatic heterocycles. The van der Waals surface area contributed by atoms with Crippen LogP contribution in [0.2, 0.25) is 0 Å². The minimum atomic E-state index is -1.06. The molecule has 0 aliphatic rings. The van der Waals surface area contributed by atoms with Crippen molar-refractivity contribution in [3.05, 3.63) is 33.4 Å². The zero-order valence-corrected chi connectivity index (χ0v) is 16.3. The summed E-state index contributed by atoms with van der Waals surface area (Å²) in [6.07, 6.45) is -1.54. The van der Waals surface area contributed by atoms with E-state index in [2.05, 4.69) is 10.6 Å². The molecule has 2 unspecified atom stereocenters. The van der Waals surface area contributed by atoms with Crippen LogP contribution in [0.5, 0.6) is 0 Å². The summed E-state index contributed by atoms with van der Waals surface area (Å²) < 4.78 is 0. The van der Waals surface area contributed by atoms with Crippen LogP contribution < -0.4 is 10.6 Å². The summed E-state index contributed by atoms with van der Waals surface area (Å²) in [4.78, 5) is 25.3. The van der Waals surface area contributed by atoms with Crippen molar-refractivity contribution in [2.24, 2.45) is 0 Å². The molecule has 152 valence electrons. The molecule has 0 fully saturated rings. The van der Waals surface area contributed by atoms with Gasteiger partial charge in [-0.1, -0.05) is 6.92 Å². The Morgan fingerprint density at radius 3 is 1.67 bits per heavy atom. The van der Waals surface area contributed by atoms with E-state index in [1.807, 2.05) is 13.8 Å². The number of aliphatic hydroxyl groups is 4. The van der Waals surface area contributed by atoms with Crippen LogP contribution in [-0.4, -0.2) is 70.8 Å². The molecule has 2 atom stereocenters. The lowest BCUT2D eigenvalue weighted by Gasteiger charge is -2.22. The minimum absolute atomic E-state index is 0.102. The molecular formula is C19H30N2O6. The van der Waals surface area contributed by atoms with Crippen LogP contribution in [-0.2, 0) is 6.42 Å². The van der Waals surface area contributed by atoms with E-state index in [9.17, 15) is 19.8 Å². The summed E-state index contributed by atoms with van der Waals surface area (Å²) >= 11 is 0. The maximum Gasteiger partial charge on any atom is 0.251 e. The molecule has 8 nitrogen and oxygen atoms in total. The number of hydrogen-bond donors (Lipinski definition) is 6. The number of nitrogens with one attached hydrogen (secondary N) is 2. The Labute approximate surface area is 159 Å². The molecular weight excluding hydrogens is 352 g/mol. The molecule has 2 amide bonds. The Kier molecular flexibility index (Phi) is 8.84. The Bertz CT molecular complexity index is 690. The average Bonchev–Trinajstić information content (AvgIpc) is 2.66. The van der Waals surface area contributed by atoms with Crippen molar-refractivity contribution in [2.75, 3.05) is 26.3 Å². The van der Waals surface area contributed by atoms with E-state index in [1.165, 1.54) is 0 Å². The Morgan fingerprint density at radius 2 is 1.26 bits per heavy atom. The van der Waals surface area contributed by atoms with Crippen LogP contribution in [0.25, 0.3) is 0 Å². The summed E-state index contributed by atoms with van der Waals surface area (Å²) in [5, 5.41) is 41.9. The standard InChI is InChI=1S/C19H30N2O6/c1-5-15-10(2)11(3)16(18(26)20-6-13(24)8-22)12(4)17(15)19(27)21-7-14(25)9-23/h13-14,22-25H,5-9H2,1-4H3,(H,20,26)(H,21,27). The van der Waals surface area contributed by atoms with Gasteiger partial charge in [-0.25, -0.2) is 0 Å². The summed E-state index contributed by atoms with van der Waals surface area (Å²) in [5.41, 5.74) is 3.60. The fourth-order valence-electron chi connectivity index (χ4n) is 3.05.